The number of fused-ring (bicyclic) bond motifs is 4. The Hall–Kier alpha value is -2.95. The van der Waals surface area contributed by atoms with E-state index in [1.807, 2.05) is 29.2 Å². The summed E-state index contributed by atoms with van der Waals surface area (Å²) < 4.78 is 0. The highest BCUT2D eigenvalue weighted by atomic mass is 35.5. The van der Waals surface area contributed by atoms with Crippen molar-refractivity contribution in [1.82, 2.24) is 9.80 Å². The third kappa shape index (κ3) is 5.37. The van der Waals surface area contributed by atoms with E-state index in [9.17, 15) is 9.59 Å². The number of benzene rings is 3. The number of aryl methyl sites for hydroxylation is 1. The summed E-state index contributed by atoms with van der Waals surface area (Å²) >= 11 is 0. The molecular weight excluding hydrogens is 480 g/mol. The van der Waals surface area contributed by atoms with Gasteiger partial charge in [-0.1, -0.05) is 60.7 Å². The third-order valence-corrected chi connectivity index (χ3v) is 8.48. The molecule has 1 saturated heterocycles. The van der Waals surface area contributed by atoms with Gasteiger partial charge in [-0.2, -0.15) is 0 Å². The molecule has 3 aliphatic heterocycles. The summed E-state index contributed by atoms with van der Waals surface area (Å²) in [5.41, 5.74) is 6.59. The van der Waals surface area contributed by atoms with Crippen LogP contribution in [-0.4, -0.2) is 34.6 Å². The van der Waals surface area contributed by atoms with E-state index in [0.717, 1.165) is 61.2 Å². The molecular formula is C32H35ClN2O2. The highest BCUT2D eigenvalue weighted by Gasteiger charge is 2.37. The Labute approximate surface area is 226 Å². The molecule has 37 heavy (non-hydrogen) atoms. The fourth-order valence-corrected chi connectivity index (χ4v) is 6.36. The van der Waals surface area contributed by atoms with E-state index >= 15 is 0 Å². The van der Waals surface area contributed by atoms with Crippen molar-refractivity contribution in [2.75, 3.05) is 13.1 Å². The van der Waals surface area contributed by atoms with E-state index in [0.29, 0.717) is 18.9 Å². The SMILES string of the molecule is Cl.O=C(CCC1CCN(Cc2ccccc2)CC1)c1ccc2c(c1)CN1C(=O)c3ccccc3C1CC2. The number of nitrogens with zero attached hydrogens (tertiary/aromatic N) is 2. The van der Waals surface area contributed by atoms with Gasteiger partial charge in [0.2, 0.25) is 0 Å². The number of ketones is 1. The van der Waals surface area contributed by atoms with Crippen LogP contribution in [0.25, 0.3) is 0 Å². The molecule has 6 rings (SSSR count). The van der Waals surface area contributed by atoms with Gasteiger partial charge in [0.15, 0.2) is 5.78 Å². The molecule has 0 aromatic heterocycles. The van der Waals surface area contributed by atoms with Gasteiger partial charge in [0.25, 0.3) is 5.91 Å². The van der Waals surface area contributed by atoms with Crippen LogP contribution in [-0.2, 0) is 19.5 Å². The van der Waals surface area contributed by atoms with Crippen LogP contribution in [0.3, 0.4) is 0 Å². The largest absolute Gasteiger partial charge is 0.327 e. The van der Waals surface area contributed by atoms with E-state index in [1.165, 1.54) is 24.0 Å². The highest BCUT2D eigenvalue weighted by molar-refractivity contribution is 5.99. The second kappa shape index (κ2) is 11.2. The van der Waals surface area contributed by atoms with E-state index < -0.39 is 0 Å². The third-order valence-electron chi connectivity index (χ3n) is 8.48. The number of hydrogen-bond acceptors (Lipinski definition) is 3. The van der Waals surface area contributed by atoms with Gasteiger partial charge in [0.1, 0.15) is 0 Å². The van der Waals surface area contributed by atoms with Crippen LogP contribution in [0.5, 0.6) is 0 Å². The number of carbonyl (C=O) groups excluding carboxylic acids is 2. The van der Waals surface area contributed by atoms with Gasteiger partial charge in [-0.05, 0) is 85.5 Å². The molecule has 1 fully saturated rings. The average molecular weight is 515 g/mol. The van der Waals surface area contributed by atoms with Crippen molar-refractivity contribution < 1.29 is 9.59 Å². The van der Waals surface area contributed by atoms with Crippen molar-refractivity contribution in [3.63, 3.8) is 0 Å². The van der Waals surface area contributed by atoms with Gasteiger partial charge in [0, 0.05) is 30.6 Å². The van der Waals surface area contributed by atoms with Crippen LogP contribution in [0.15, 0.2) is 72.8 Å². The Balaban J connectivity index is 0.00000280. The lowest BCUT2D eigenvalue weighted by Crippen LogP contribution is -2.33. The lowest BCUT2D eigenvalue weighted by Gasteiger charge is -2.32. The topological polar surface area (TPSA) is 40.6 Å². The summed E-state index contributed by atoms with van der Waals surface area (Å²) in [5.74, 6) is 0.989. The van der Waals surface area contributed by atoms with Crippen LogP contribution in [0.4, 0.5) is 0 Å². The number of rotatable bonds is 6. The maximum Gasteiger partial charge on any atom is 0.255 e. The average Bonchev–Trinajstić information content (AvgIpc) is 3.06. The number of hydrogen-bond donors (Lipinski definition) is 0. The van der Waals surface area contributed by atoms with Crippen molar-refractivity contribution in [3.8, 4) is 0 Å². The van der Waals surface area contributed by atoms with Gasteiger partial charge >= 0.3 is 0 Å². The van der Waals surface area contributed by atoms with Crippen LogP contribution in [0.1, 0.15) is 81.1 Å². The van der Waals surface area contributed by atoms with Crippen LogP contribution < -0.4 is 0 Å². The molecule has 3 aliphatic rings. The van der Waals surface area contributed by atoms with Crippen molar-refractivity contribution in [1.29, 1.82) is 0 Å². The summed E-state index contributed by atoms with van der Waals surface area (Å²) in [5, 5.41) is 0. The standard InChI is InChI=1S/C32H34N2O2.ClH/c35-31(15-10-23-16-18-33(19-17-23)21-24-6-2-1-3-7-24)26-12-11-25-13-14-30-28-8-4-5-9-29(28)32(36)34(30)22-27(25)20-26;/h1-9,11-12,20,23,30H,10,13-19,21-22H2;1H. The predicted octanol–water partition coefficient (Wildman–Crippen LogP) is 6.63. The zero-order valence-corrected chi connectivity index (χ0v) is 22.1. The first kappa shape index (κ1) is 25.7. The van der Waals surface area contributed by atoms with Gasteiger partial charge in [-0.15, -0.1) is 12.4 Å². The molecule has 1 unspecified atom stereocenters. The number of halogens is 1. The quantitative estimate of drug-likeness (QED) is 0.347. The molecule has 1 amide bonds. The second-order valence-corrected chi connectivity index (χ2v) is 10.7. The Bertz CT molecular complexity index is 1270. The zero-order chi connectivity index (χ0) is 24.5. The van der Waals surface area contributed by atoms with Crippen LogP contribution >= 0.6 is 12.4 Å². The van der Waals surface area contributed by atoms with Gasteiger partial charge < -0.3 is 4.90 Å². The predicted molar refractivity (Wildman–Crippen MR) is 149 cm³/mol. The molecule has 3 aromatic carbocycles. The molecule has 3 heterocycles. The number of amides is 1. The van der Waals surface area contributed by atoms with Gasteiger partial charge in [-0.3, -0.25) is 14.5 Å². The van der Waals surface area contributed by atoms with Gasteiger partial charge in [0.05, 0.1) is 6.04 Å². The van der Waals surface area contributed by atoms with Crippen molar-refractivity contribution >= 4 is 24.1 Å². The smallest absolute Gasteiger partial charge is 0.255 e. The lowest BCUT2D eigenvalue weighted by molar-refractivity contribution is 0.0709. The molecule has 0 saturated carbocycles. The van der Waals surface area contributed by atoms with Crippen LogP contribution in [0.2, 0.25) is 0 Å². The maximum atomic E-state index is 13.1. The molecule has 0 N–H and O–H groups in total. The minimum atomic E-state index is 0. The summed E-state index contributed by atoms with van der Waals surface area (Å²) in [6.45, 7) is 3.83. The Morgan fingerprint density at radius 3 is 2.43 bits per heavy atom. The first-order chi connectivity index (χ1) is 17.7. The first-order valence-corrected chi connectivity index (χ1v) is 13.5. The van der Waals surface area contributed by atoms with E-state index in [1.54, 1.807) is 0 Å². The minimum Gasteiger partial charge on any atom is -0.327 e. The molecule has 192 valence electrons. The van der Waals surface area contributed by atoms with Gasteiger partial charge in [-0.25, -0.2) is 0 Å². The monoisotopic (exact) mass is 514 g/mol. The second-order valence-electron chi connectivity index (χ2n) is 10.7. The fraction of sp³-hybridized carbons (Fsp3) is 0.375. The summed E-state index contributed by atoms with van der Waals surface area (Å²) in [6, 6.07) is 25.0. The molecule has 0 radical (unpaired) electrons. The van der Waals surface area contributed by atoms with E-state index in [4.69, 9.17) is 0 Å². The Kier molecular flexibility index (Phi) is 7.78. The Morgan fingerprint density at radius 1 is 0.865 bits per heavy atom. The summed E-state index contributed by atoms with van der Waals surface area (Å²) in [6.07, 6.45) is 5.79. The maximum absolute atomic E-state index is 13.1. The van der Waals surface area contributed by atoms with Crippen LogP contribution in [0, 0.1) is 5.92 Å². The molecule has 1 atom stereocenters. The molecule has 0 aliphatic carbocycles. The summed E-state index contributed by atoms with van der Waals surface area (Å²) in [7, 11) is 0. The number of likely N-dealkylation sites (tertiary alicyclic amines) is 1. The van der Waals surface area contributed by atoms with Crippen molar-refractivity contribution in [2.24, 2.45) is 5.92 Å². The van der Waals surface area contributed by atoms with Crippen molar-refractivity contribution in [3.05, 3.63) is 106 Å². The minimum absolute atomic E-state index is 0. The van der Waals surface area contributed by atoms with E-state index in [2.05, 4.69) is 53.4 Å². The van der Waals surface area contributed by atoms with E-state index in [-0.39, 0.29) is 30.1 Å². The zero-order valence-electron chi connectivity index (χ0n) is 21.3. The summed E-state index contributed by atoms with van der Waals surface area (Å²) in [4.78, 5) is 30.8. The number of carbonyl (C=O) groups is 2. The molecule has 5 heteroatoms. The molecule has 3 aromatic rings. The molecule has 4 nitrogen and oxygen atoms in total. The van der Waals surface area contributed by atoms with Crippen molar-refractivity contribution in [2.45, 2.75) is 57.7 Å². The highest BCUT2D eigenvalue weighted by Crippen LogP contribution is 2.40. The normalized spacial score (nSPS) is 19.4. The number of Topliss-reactive ketones (excluding diaryl/α,β-unsaturated/α-hetero) is 1. The first-order valence-electron chi connectivity index (χ1n) is 13.5. The molecule has 0 spiro atoms. The number of piperidine rings is 1. The lowest BCUT2D eigenvalue weighted by atomic mass is 9.89. The Morgan fingerprint density at radius 2 is 1.62 bits per heavy atom. The fourth-order valence-electron chi connectivity index (χ4n) is 6.36. The molecule has 0 bridgehead atoms.